The van der Waals surface area contributed by atoms with Crippen molar-refractivity contribution in [1.82, 2.24) is 5.06 Å². The summed E-state index contributed by atoms with van der Waals surface area (Å²) >= 11 is 0. The molecule has 0 bridgehead atoms. The number of amides is 1. The third-order valence-corrected chi connectivity index (χ3v) is 2.09. The van der Waals surface area contributed by atoms with Gasteiger partial charge in [0.25, 0.3) is 0 Å². The van der Waals surface area contributed by atoms with Gasteiger partial charge in [-0.2, -0.15) is 0 Å². The highest BCUT2D eigenvalue weighted by Crippen LogP contribution is 2.01. The molecule has 3 heteroatoms. The van der Waals surface area contributed by atoms with E-state index in [1.165, 1.54) is 10.6 Å². The summed E-state index contributed by atoms with van der Waals surface area (Å²) in [4.78, 5) is 15.9. The van der Waals surface area contributed by atoms with Crippen LogP contribution in [0, 0.1) is 0 Å². The monoisotopic (exact) mass is 207 g/mol. The molecule has 0 aliphatic heterocycles. The van der Waals surface area contributed by atoms with E-state index in [-0.39, 0.29) is 6.04 Å². The molecule has 0 saturated carbocycles. The Morgan fingerprint density at radius 1 is 1.33 bits per heavy atom. The molecule has 1 aromatic carbocycles. The van der Waals surface area contributed by atoms with Crippen LogP contribution in [0.2, 0.25) is 0 Å². The first-order chi connectivity index (χ1) is 7.24. The van der Waals surface area contributed by atoms with E-state index >= 15 is 0 Å². The van der Waals surface area contributed by atoms with Crippen LogP contribution < -0.4 is 0 Å². The Balaban J connectivity index is 2.30. The van der Waals surface area contributed by atoms with Crippen molar-refractivity contribution in [2.75, 3.05) is 6.61 Å². The van der Waals surface area contributed by atoms with Gasteiger partial charge in [0.2, 0.25) is 6.41 Å². The predicted molar refractivity (Wildman–Crippen MR) is 59.1 cm³/mol. The normalized spacial score (nSPS) is 10.3. The zero-order valence-corrected chi connectivity index (χ0v) is 9.22. The summed E-state index contributed by atoms with van der Waals surface area (Å²) < 4.78 is 0. The molecule has 0 spiro atoms. The molecule has 0 radical (unpaired) electrons. The van der Waals surface area contributed by atoms with Gasteiger partial charge in [-0.25, -0.2) is 5.06 Å². The second kappa shape index (κ2) is 6.19. The van der Waals surface area contributed by atoms with Crippen LogP contribution in [0.5, 0.6) is 0 Å². The number of hydrogen-bond donors (Lipinski definition) is 0. The number of carbonyl (C=O) groups excluding carboxylic acids is 1. The first-order valence-electron chi connectivity index (χ1n) is 5.14. The quantitative estimate of drug-likeness (QED) is 0.527. The molecule has 3 nitrogen and oxygen atoms in total. The average Bonchev–Trinajstić information content (AvgIpc) is 2.25. The minimum atomic E-state index is 0.0817. The number of carbonyl (C=O) groups is 1. The average molecular weight is 207 g/mol. The van der Waals surface area contributed by atoms with Crippen LogP contribution in [0.15, 0.2) is 30.3 Å². The van der Waals surface area contributed by atoms with Crippen LogP contribution in [0.25, 0.3) is 0 Å². The molecule has 15 heavy (non-hydrogen) atoms. The second-order valence-electron chi connectivity index (χ2n) is 3.63. The van der Waals surface area contributed by atoms with Gasteiger partial charge in [0.05, 0.1) is 12.6 Å². The van der Waals surface area contributed by atoms with Crippen molar-refractivity contribution in [3.05, 3.63) is 35.9 Å². The Hall–Kier alpha value is -1.35. The largest absolute Gasteiger partial charge is 0.276 e. The van der Waals surface area contributed by atoms with E-state index in [0.29, 0.717) is 6.61 Å². The van der Waals surface area contributed by atoms with E-state index in [1.54, 1.807) is 0 Å². The minimum Gasteiger partial charge on any atom is -0.276 e. The lowest BCUT2D eigenvalue weighted by Crippen LogP contribution is -2.30. The molecule has 0 heterocycles. The number of hydroxylamine groups is 2. The van der Waals surface area contributed by atoms with E-state index in [2.05, 4.69) is 0 Å². The maximum atomic E-state index is 10.6. The smallest absolute Gasteiger partial charge is 0.233 e. The van der Waals surface area contributed by atoms with Crippen molar-refractivity contribution in [3.8, 4) is 0 Å². The van der Waals surface area contributed by atoms with Crippen LogP contribution in [-0.2, 0) is 16.1 Å². The SMILES string of the molecule is CC(C)N(C=O)OCCc1ccccc1. The Bertz CT molecular complexity index is 285. The van der Waals surface area contributed by atoms with Gasteiger partial charge in [-0.1, -0.05) is 30.3 Å². The summed E-state index contributed by atoms with van der Waals surface area (Å²) in [5, 5.41) is 1.34. The summed E-state index contributed by atoms with van der Waals surface area (Å²) in [5.41, 5.74) is 1.21. The van der Waals surface area contributed by atoms with Crippen LogP contribution >= 0.6 is 0 Å². The Kier molecular flexibility index (Phi) is 4.84. The van der Waals surface area contributed by atoms with Crippen molar-refractivity contribution in [2.24, 2.45) is 0 Å². The van der Waals surface area contributed by atoms with Crippen LogP contribution in [0.3, 0.4) is 0 Å². The number of hydrogen-bond acceptors (Lipinski definition) is 2. The second-order valence-corrected chi connectivity index (χ2v) is 3.63. The fourth-order valence-electron chi connectivity index (χ4n) is 1.21. The van der Waals surface area contributed by atoms with Crippen molar-refractivity contribution in [2.45, 2.75) is 26.3 Å². The van der Waals surface area contributed by atoms with Crippen molar-refractivity contribution < 1.29 is 9.63 Å². The fraction of sp³-hybridized carbons (Fsp3) is 0.417. The van der Waals surface area contributed by atoms with Gasteiger partial charge in [-0.15, -0.1) is 0 Å². The Morgan fingerprint density at radius 2 is 2.00 bits per heavy atom. The van der Waals surface area contributed by atoms with E-state index < -0.39 is 0 Å². The molecular weight excluding hydrogens is 190 g/mol. The highest BCUT2D eigenvalue weighted by Gasteiger charge is 2.05. The van der Waals surface area contributed by atoms with Gasteiger partial charge in [0, 0.05) is 0 Å². The molecule has 0 unspecified atom stereocenters. The predicted octanol–water partition coefficient (Wildman–Crippen LogP) is 2.03. The molecule has 82 valence electrons. The molecule has 0 saturated heterocycles. The van der Waals surface area contributed by atoms with E-state index in [9.17, 15) is 4.79 Å². The summed E-state index contributed by atoms with van der Waals surface area (Å²) in [6, 6.07) is 10.1. The van der Waals surface area contributed by atoms with Crippen molar-refractivity contribution in [1.29, 1.82) is 0 Å². The molecule has 0 aliphatic rings. The molecule has 0 N–H and O–H groups in total. The van der Waals surface area contributed by atoms with Crippen LogP contribution in [0.4, 0.5) is 0 Å². The zero-order valence-electron chi connectivity index (χ0n) is 9.22. The number of benzene rings is 1. The van der Waals surface area contributed by atoms with Crippen LogP contribution in [0.1, 0.15) is 19.4 Å². The molecule has 1 amide bonds. The molecular formula is C12H17NO2. The standard InChI is InChI=1S/C12H17NO2/c1-11(2)13(10-14)15-9-8-12-6-4-3-5-7-12/h3-7,10-11H,8-9H2,1-2H3. The lowest BCUT2D eigenvalue weighted by molar-refractivity contribution is -0.182. The van der Waals surface area contributed by atoms with E-state index in [4.69, 9.17) is 4.84 Å². The maximum absolute atomic E-state index is 10.6. The van der Waals surface area contributed by atoms with Crippen molar-refractivity contribution in [3.63, 3.8) is 0 Å². The minimum absolute atomic E-state index is 0.0817. The molecule has 0 aromatic heterocycles. The lowest BCUT2D eigenvalue weighted by atomic mass is 10.2. The zero-order chi connectivity index (χ0) is 11.1. The molecule has 1 rings (SSSR count). The van der Waals surface area contributed by atoms with Gasteiger partial charge >= 0.3 is 0 Å². The molecule has 1 aromatic rings. The molecule has 0 fully saturated rings. The van der Waals surface area contributed by atoms with E-state index in [0.717, 1.165) is 12.8 Å². The van der Waals surface area contributed by atoms with Crippen LogP contribution in [-0.4, -0.2) is 24.1 Å². The molecule has 0 aliphatic carbocycles. The van der Waals surface area contributed by atoms with Crippen molar-refractivity contribution >= 4 is 6.41 Å². The Morgan fingerprint density at radius 3 is 2.53 bits per heavy atom. The van der Waals surface area contributed by atoms with Gasteiger partial charge in [0.1, 0.15) is 0 Å². The summed E-state index contributed by atoms with van der Waals surface area (Å²) in [6.07, 6.45) is 1.54. The summed E-state index contributed by atoms with van der Waals surface area (Å²) in [5.74, 6) is 0. The first kappa shape index (κ1) is 11.7. The number of rotatable bonds is 6. The summed E-state index contributed by atoms with van der Waals surface area (Å²) in [7, 11) is 0. The topological polar surface area (TPSA) is 29.5 Å². The summed E-state index contributed by atoms with van der Waals surface area (Å²) in [6.45, 7) is 4.36. The third-order valence-electron chi connectivity index (χ3n) is 2.09. The van der Waals surface area contributed by atoms with E-state index in [1.807, 2.05) is 44.2 Å². The van der Waals surface area contributed by atoms with Gasteiger partial charge in [-0.05, 0) is 25.8 Å². The van der Waals surface area contributed by atoms with Gasteiger partial charge in [0.15, 0.2) is 0 Å². The highest BCUT2D eigenvalue weighted by molar-refractivity contribution is 5.45. The third kappa shape index (κ3) is 4.13. The van der Waals surface area contributed by atoms with Gasteiger partial charge < -0.3 is 0 Å². The highest BCUT2D eigenvalue weighted by atomic mass is 16.7. The number of nitrogens with zero attached hydrogens (tertiary/aromatic N) is 1. The fourth-order valence-corrected chi connectivity index (χ4v) is 1.21. The Labute approximate surface area is 90.6 Å². The van der Waals surface area contributed by atoms with Gasteiger partial charge in [-0.3, -0.25) is 9.63 Å². The first-order valence-corrected chi connectivity index (χ1v) is 5.14. The maximum Gasteiger partial charge on any atom is 0.233 e. The lowest BCUT2D eigenvalue weighted by Gasteiger charge is -2.20. The molecule has 0 atom stereocenters.